The fourth-order valence-electron chi connectivity index (χ4n) is 3.26. The zero-order valence-corrected chi connectivity index (χ0v) is 14.1. The zero-order chi connectivity index (χ0) is 15.7. The molecule has 0 aromatic carbocycles. The van der Waals surface area contributed by atoms with Crippen molar-refractivity contribution in [2.75, 3.05) is 52.5 Å². The molecule has 0 unspecified atom stereocenters. The number of rotatable bonds is 7. The largest absolute Gasteiger partial charge is 0.478 e. The Morgan fingerprint density at radius 1 is 1.00 bits per heavy atom. The number of aromatic nitrogens is 1. The van der Waals surface area contributed by atoms with Crippen molar-refractivity contribution in [2.45, 2.75) is 32.2 Å². The van der Waals surface area contributed by atoms with Crippen molar-refractivity contribution in [3.63, 3.8) is 0 Å². The average Bonchev–Trinajstić information content (AvgIpc) is 2.62. The number of hydrogen-bond acceptors (Lipinski definition) is 5. The van der Waals surface area contributed by atoms with Gasteiger partial charge in [-0.15, -0.1) is 0 Å². The molecule has 0 saturated carbocycles. The van der Waals surface area contributed by atoms with E-state index in [0.29, 0.717) is 0 Å². The minimum atomic E-state index is 0.745. The van der Waals surface area contributed by atoms with Gasteiger partial charge in [0.1, 0.15) is 0 Å². The van der Waals surface area contributed by atoms with E-state index >= 15 is 0 Å². The molecule has 128 valence electrons. The number of ether oxygens (including phenoxy) is 2. The first-order valence-electron chi connectivity index (χ1n) is 9.00. The number of piperidine rings is 1. The van der Waals surface area contributed by atoms with E-state index in [-0.39, 0.29) is 0 Å². The van der Waals surface area contributed by atoms with Gasteiger partial charge in [0.15, 0.2) is 0 Å². The summed E-state index contributed by atoms with van der Waals surface area (Å²) in [5.41, 5.74) is 1.24. The number of morpholine rings is 1. The van der Waals surface area contributed by atoms with E-state index in [1.807, 2.05) is 12.3 Å². The Kier molecular flexibility index (Phi) is 6.68. The molecule has 0 aliphatic carbocycles. The van der Waals surface area contributed by atoms with E-state index in [1.165, 1.54) is 37.9 Å². The molecule has 0 atom stereocenters. The lowest BCUT2D eigenvalue weighted by atomic mass is 10.1. The van der Waals surface area contributed by atoms with Gasteiger partial charge in [-0.25, -0.2) is 4.98 Å². The second kappa shape index (κ2) is 9.21. The molecule has 2 saturated heterocycles. The van der Waals surface area contributed by atoms with Gasteiger partial charge < -0.3 is 14.4 Å². The Balaban J connectivity index is 1.33. The highest BCUT2D eigenvalue weighted by Crippen LogP contribution is 2.12. The van der Waals surface area contributed by atoms with Crippen LogP contribution >= 0.6 is 0 Å². The Morgan fingerprint density at radius 3 is 2.57 bits per heavy atom. The summed E-state index contributed by atoms with van der Waals surface area (Å²) in [5, 5.41) is 0. The SMILES string of the molecule is c1cc(OCCCN2CCCCC2)ncc1CN1CCOCC1. The van der Waals surface area contributed by atoms with Gasteiger partial charge in [0.05, 0.1) is 19.8 Å². The third-order valence-electron chi connectivity index (χ3n) is 4.62. The van der Waals surface area contributed by atoms with Gasteiger partial charge in [-0.3, -0.25) is 4.90 Å². The van der Waals surface area contributed by atoms with Gasteiger partial charge in [-0.1, -0.05) is 12.5 Å². The second-order valence-electron chi connectivity index (χ2n) is 6.50. The molecule has 23 heavy (non-hydrogen) atoms. The number of nitrogens with zero attached hydrogens (tertiary/aromatic N) is 3. The van der Waals surface area contributed by atoms with Crippen molar-refractivity contribution in [2.24, 2.45) is 0 Å². The van der Waals surface area contributed by atoms with Crippen LogP contribution in [0, 0.1) is 0 Å². The Morgan fingerprint density at radius 2 is 1.83 bits per heavy atom. The predicted molar refractivity (Wildman–Crippen MR) is 90.7 cm³/mol. The summed E-state index contributed by atoms with van der Waals surface area (Å²) in [6.45, 7) is 9.07. The van der Waals surface area contributed by atoms with E-state index in [1.54, 1.807) is 0 Å². The quantitative estimate of drug-likeness (QED) is 0.720. The molecule has 2 aliphatic heterocycles. The molecule has 0 N–H and O–H groups in total. The predicted octanol–water partition coefficient (Wildman–Crippen LogP) is 2.17. The van der Waals surface area contributed by atoms with E-state index in [9.17, 15) is 0 Å². The molecule has 3 heterocycles. The van der Waals surface area contributed by atoms with Crippen molar-refractivity contribution in [1.82, 2.24) is 14.8 Å². The van der Waals surface area contributed by atoms with Crippen LogP contribution in [0.25, 0.3) is 0 Å². The Bertz CT molecular complexity index is 440. The Labute approximate surface area is 139 Å². The van der Waals surface area contributed by atoms with E-state index < -0.39 is 0 Å². The maximum Gasteiger partial charge on any atom is 0.213 e. The topological polar surface area (TPSA) is 37.8 Å². The van der Waals surface area contributed by atoms with Crippen LogP contribution in [0.5, 0.6) is 5.88 Å². The third-order valence-corrected chi connectivity index (χ3v) is 4.62. The van der Waals surface area contributed by atoms with Crippen molar-refractivity contribution in [3.05, 3.63) is 23.9 Å². The molecular weight excluding hydrogens is 290 g/mol. The first-order chi connectivity index (χ1) is 11.4. The lowest BCUT2D eigenvalue weighted by molar-refractivity contribution is 0.0341. The summed E-state index contributed by atoms with van der Waals surface area (Å²) in [7, 11) is 0. The zero-order valence-electron chi connectivity index (χ0n) is 14.1. The summed E-state index contributed by atoms with van der Waals surface area (Å²) >= 11 is 0. The molecule has 2 aliphatic rings. The molecule has 1 aromatic rings. The average molecular weight is 319 g/mol. The number of pyridine rings is 1. The van der Waals surface area contributed by atoms with Gasteiger partial charge in [-0.05, 0) is 37.9 Å². The second-order valence-corrected chi connectivity index (χ2v) is 6.50. The normalized spacial score (nSPS) is 20.5. The minimum absolute atomic E-state index is 0.745. The summed E-state index contributed by atoms with van der Waals surface area (Å²) in [6, 6.07) is 4.12. The molecule has 0 spiro atoms. The summed E-state index contributed by atoms with van der Waals surface area (Å²) in [6.07, 6.45) is 7.13. The third kappa shape index (κ3) is 5.75. The summed E-state index contributed by atoms with van der Waals surface area (Å²) in [4.78, 5) is 9.38. The summed E-state index contributed by atoms with van der Waals surface area (Å²) < 4.78 is 11.1. The molecule has 1 aromatic heterocycles. The lowest BCUT2D eigenvalue weighted by Gasteiger charge is -2.26. The number of hydrogen-bond donors (Lipinski definition) is 0. The van der Waals surface area contributed by atoms with Crippen LogP contribution in [-0.2, 0) is 11.3 Å². The van der Waals surface area contributed by atoms with E-state index in [0.717, 1.165) is 58.3 Å². The van der Waals surface area contributed by atoms with Gasteiger partial charge >= 0.3 is 0 Å². The van der Waals surface area contributed by atoms with Crippen LogP contribution in [0.4, 0.5) is 0 Å². The van der Waals surface area contributed by atoms with Crippen molar-refractivity contribution < 1.29 is 9.47 Å². The monoisotopic (exact) mass is 319 g/mol. The van der Waals surface area contributed by atoms with Crippen LogP contribution in [0.2, 0.25) is 0 Å². The first kappa shape index (κ1) is 16.7. The van der Waals surface area contributed by atoms with Crippen LogP contribution in [-0.4, -0.2) is 67.3 Å². The fraction of sp³-hybridized carbons (Fsp3) is 0.722. The Hall–Kier alpha value is -1.17. The maximum absolute atomic E-state index is 5.77. The highest BCUT2D eigenvalue weighted by atomic mass is 16.5. The highest BCUT2D eigenvalue weighted by Gasteiger charge is 2.11. The molecule has 5 nitrogen and oxygen atoms in total. The minimum Gasteiger partial charge on any atom is -0.478 e. The van der Waals surface area contributed by atoms with Gasteiger partial charge in [0.25, 0.3) is 0 Å². The van der Waals surface area contributed by atoms with Crippen LogP contribution in [0.1, 0.15) is 31.2 Å². The molecule has 2 fully saturated rings. The smallest absolute Gasteiger partial charge is 0.213 e. The maximum atomic E-state index is 5.77. The van der Waals surface area contributed by atoms with Crippen molar-refractivity contribution >= 4 is 0 Å². The highest BCUT2D eigenvalue weighted by molar-refractivity contribution is 5.17. The van der Waals surface area contributed by atoms with E-state index in [4.69, 9.17) is 9.47 Å². The molecule has 0 bridgehead atoms. The number of likely N-dealkylation sites (tertiary alicyclic amines) is 1. The standard InChI is InChI=1S/C18H29N3O2/c1-2-7-20(8-3-1)9-4-12-23-18-6-5-17(15-19-18)16-21-10-13-22-14-11-21/h5-6,15H,1-4,7-14,16H2. The van der Waals surface area contributed by atoms with Gasteiger partial charge in [0, 0.05) is 38.4 Å². The van der Waals surface area contributed by atoms with Crippen molar-refractivity contribution in [1.29, 1.82) is 0 Å². The van der Waals surface area contributed by atoms with Gasteiger partial charge in [0.2, 0.25) is 5.88 Å². The molecule has 0 amide bonds. The molecule has 0 radical (unpaired) electrons. The molecule has 5 heteroatoms. The van der Waals surface area contributed by atoms with Crippen LogP contribution in [0.15, 0.2) is 18.3 Å². The van der Waals surface area contributed by atoms with E-state index in [2.05, 4.69) is 20.9 Å². The first-order valence-corrected chi connectivity index (χ1v) is 9.00. The van der Waals surface area contributed by atoms with Crippen molar-refractivity contribution in [3.8, 4) is 5.88 Å². The molecular formula is C18H29N3O2. The van der Waals surface area contributed by atoms with Crippen LogP contribution < -0.4 is 4.74 Å². The lowest BCUT2D eigenvalue weighted by Crippen LogP contribution is -2.35. The van der Waals surface area contributed by atoms with Crippen LogP contribution in [0.3, 0.4) is 0 Å². The van der Waals surface area contributed by atoms with Gasteiger partial charge in [-0.2, -0.15) is 0 Å². The summed E-state index contributed by atoms with van der Waals surface area (Å²) in [5.74, 6) is 0.745. The fourth-order valence-corrected chi connectivity index (χ4v) is 3.26. The molecule has 3 rings (SSSR count).